The van der Waals surface area contributed by atoms with Crippen molar-refractivity contribution < 1.29 is 9.59 Å². The number of anilines is 2. The highest BCUT2D eigenvalue weighted by Gasteiger charge is 2.14. The van der Waals surface area contributed by atoms with E-state index in [0.29, 0.717) is 16.8 Å². The predicted octanol–water partition coefficient (Wildman–Crippen LogP) is 5.16. The summed E-state index contributed by atoms with van der Waals surface area (Å²) in [6.45, 7) is 1.95. The number of carbonyl (C=O) groups is 2. The van der Waals surface area contributed by atoms with Gasteiger partial charge in [-0.2, -0.15) is 0 Å². The van der Waals surface area contributed by atoms with Gasteiger partial charge in [0.15, 0.2) is 5.11 Å². The first-order valence-electron chi connectivity index (χ1n) is 9.17. The van der Waals surface area contributed by atoms with Crippen LogP contribution in [0.4, 0.5) is 11.4 Å². The smallest absolute Gasteiger partial charge is 0.258 e. The number of nitrogens with zero attached hydrogens (tertiary/aromatic N) is 1. The topological polar surface area (TPSA) is 61.4 Å². The molecule has 0 heterocycles. The maximum Gasteiger partial charge on any atom is 0.258 e. The van der Waals surface area contributed by atoms with Crippen LogP contribution in [-0.2, 0) is 0 Å². The summed E-state index contributed by atoms with van der Waals surface area (Å²) in [5, 5.41) is 5.76. The fraction of sp³-hybridized carbons (Fsp3) is 0.0870. The van der Waals surface area contributed by atoms with Crippen LogP contribution in [0.3, 0.4) is 0 Å². The summed E-state index contributed by atoms with van der Waals surface area (Å²) in [5.41, 5.74) is 3.44. The molecule has 30 heavy (non-hydrogen) atoms. The average molecular weight is 482 g/mol. The first-order valence-corrected chi connectivity index (χ1v) is 10.4. The first kappa shape index (κ1) is 21.7. The van der Waals surface area contributed by atoms with Crippen LogP contribution < -0.4 is 15.5 Å². The third kappa shape index (κ3) is 5.31. The Hall–Kier alpha value is -3.03. The van der Waals surface area contributed by atoms with Crippen LogP contribution in [0.1, 0.15) is 26.3 Å². The van der Waals surface area contributed by atoms with Crippen molar-refractivity contribution in [3.63, 3.8) is 0 Å². The highest BCUT2D eigenvalue weighted by Crippen LogP contribution is 2.19. The summed E-state index contributed by atoms with van der Waals surface area (Å²) in [4.78, 5) is 26.8. The maximum atomic E-state index is 12.8. The van der Waals surface area contributed by atoms with Gasteiger partial charge in [-0.15, -0.1) is 0 Å². The van der Waals surface area contributed by atoms with E-state index in [4.69, 9.17) is 12.2 Å². The summed E-state index contributed by atoms with van der Waals surface area (Å²) in [6.07, 6.45) is 0. The zero-order valence-electron chi connectivity index (χ0n) is 16.5. The lowest BCUT2D eigenvalue weighted by Crippen LogP contribution is -2.34. The molecule has 0 aliphatic rings. The number of aryl methyl sites for hydroxylation is 1. The molecule has 0 aliphatic carbocycles. The van der Waals surface area contributed by atoms with E-state index in [-0.39, 0.29) is 16.9 Å². The van der Waals surface area contributed by atoms with Crippen molar-refractivity contribution in [1.29, 1.82) is 0 Å². The molecule has 0 spiro atoms. The molecule has 0 radical (unpaired) electrons. The van der Waals surface area contributed by atoms with Crippen LogP contribution in [-0.4, -0.2) is 24.0 Å². The van der Waals surface area contributed by atoms with Gasteiger partial charge in [-0.3, -0.25) is 14.9 Å². The Balaban J connectivity index is 1.67. The number of para-hydroxylation sites is 1. The van der Waals surface area contributed by atoms with E-state index in [1.165, 1.54) is 0 Å². The zero-order chi connectivity index (χ0) is 21.7. The second kappa shape index (κ2) is 9.65. The third-order valence-corrected chi connectivity index (χ3v) is 5.54. The maximum absolute atomic E-state index is 12.8. The second-order valence-electron chi connectivity index (χ2n) is 6.65. The van der Waals surface area contributed by atoms with E-state index < -0.39 is 0 Å². The molecule has 0 unspecified atom stereocenters. The molecular formula is C23H20BrN3O2S. The molecule has 0 atom stereocenters. The SMILES string of the molecule is Cc1ccc(C(=O)NC(=S)Nc2cccc(C(=O)N(C)c3ccccc3)c2)cc1Br. The molecule has 3 aromatic carbocycles. The number of hydrogen-bond donors (Lipinski definition) is 2. The Kier molecular flexibility index (Phi) is 6.97. The number of hydrogen-bond acceptors (Lipinski definition) is 3. The van der Waals surface area contributed by atoms with Gasteiger partial charge in [0.25, 0.3) is 11.8 Å². The molecule has 0 saturated heterocycles. The first-order chi connectivity index (χ1) is 14.3. The molecular weight excluding hydrogens is 462 g/mol. The van der Waals surface area contributed by atoms with Gasteiger partial charge in [-0.05, 0) is 67.2 Å². The lowest BCUT2D eigenvalue weighted by Gasteiger charge is -2.18. The normalized spacial score (nSPS) is 10.2. The van der Waals surface area contributed by atoms with Crippen LogP contribution >= 0.6 is 28.1 Å². The average Bonchev–Trinajstić information content (AvgIpc) is 2.75. The number of halogens is 1. The van der Waals surface area contributed by atoms with Gasteiger partial charge in [0.1, 0.15) is 0 Å². The highest BCUT2D eigenvalue weighted by molar-refractivity contribution is 9.10. The van der Waals surface area contributed by atoms with Gasteiger partial charge in [-0.1, -0.05) is 46.3 Å². The number of benzene rings is 3. The van der Waals surface area contributed by atoms with Gasteiger partial charge < -0.3 is 10.2 Å². The molecule has 3 aromatic rings. The quantitative estimate of drug-likeness (QED) is 0.505. The third-order valence-electron chi connectivity index (χ3n) is 4.48. The van der Waals surface area contributed by atoms with Crippen molar-refractivity contribution in [2.24, 2.45) is 0 Å². The summed E-state index contributed by atoms with van der Waals surface area (Å²) in [6, 6.07) is 21.7. The zero-order valence-corrected chi connectivity index (χ0v) is 18.9. The molecule has 0 aromatic heterocycles. The summed E-state index contributed by atoms with van der Waals surface area (Å²) >= 11 is 8.68. The summed E-state index contributed by atoms with van der Waals surface area (Å²) < 4.78 is 0.850. The van der Waals surface area contributed by atoms with Gasteiger partial charge in [-0.25, -0.2) is 0 Å². The van der Waals surface area contributed by atoms with Gasteiger partial charge >= 0.3 is 0 Å². The largest absolute Gasteiger partial charge is 0.332 e. The number of thiocarbonyl (C=S) groups is 1. The Labute approximate surface area is 189 Å². The summed E-state index contributed by atoms with van der Waals surface area (Å²) in [5.74, 6) is -0.464. The van der Waals surface area contributed by atoms with E-state index in [1.807, 2.05) is 43.3 Å². The highest BCUT2D eigenvalue weighted by atomic mass is 79.9. The molecule has 0 fully saturated rings. The number of nitrogens with one attached hydrogen (secondary N) is 2. The van der Waals surface area contributed by atoms with E-state index in [9.17, 15) is 9.59 Å². The molecule has 5 nitrogen and oxygen atoms in total. The van der Waals surface area contributed by atoms with Crippen LogP contribution in [0, 0.1) is 6.92 Å². The molecule has 2 amide bonds. The Morgan fingerprint density at radius 1 is 0.933 bits per heavy atom. The fourth-order valence-corrected chi connectivity index (χ4v) is 3.35. The number of carbonyl (C=O) groups excluding carboxylic acids is 2. The van der Waals surface area contributed by atoms with E-state index in [2.05, 4.69) is 26.6 Å². The molecule has 0 bridgehead atoms. The van der Waals surface area contributed by atoms with Crippen LogP contribution in [0.5, 0.6) is 0 Å². The molecule has 152 valence electrons. The van der Waals surface area contributed by atoms with Gasteiger partial charge in [0.2, 0.25) is 0 Å². The van der Waals surface area contributed by atoms with Crippen molar-refractivity contribution in [3.05, 3.63) is 94.0 Å². The molecule has 0 saturated carbocycles. The number of rotatable bonds is 4. The second-order valence-corrected chi connectivity index (χ2v) is 7.92. The van der Waals surface area contributed by atoms with Crippen molar-refractivity contribution in [2.45, 2.75) is 6.92 Å². The van der Waals surface area contributed by atoms with Crippen molar-refractivity contribution >= 4 is 56.4 Å². The molecule has 2 N–H and O–H groups in total. The van der Waals surface area contributed by atoms with E-state index >= 15 is 0 Å². The van der Waals surface area contributed by atoms with E-state index in [0.717, 1.165) is 15.7 Å². The number of amides is 2. The Bertz CT molecular complexity index is 1100. The molecule has 7 heteroatoms. The fourth-order valence-electron chi connectivity index (χ4n) is 2.76. The Morgan fingerprint density at radius 3 is 2.37 bits per heavy atom. The predicted molar refractivity (Wildman–Crippen MR) is 128 cm³/mol. The lowest BCUT2D eigenvalue weighted by molar-refractivity contribution is 0.0974. The standard InChI is InChI=1S/C23H20BrN3O2S/c1-15-11-12-16(14-20(15)24)21(28)26-23(30)25-18-8-6-7-17(13-18)22(29)27(2)19-9-4-3-5-10-19/h3-14H,1-2H3,(H2,25,26,28,30). The minimum absolute atomic E-state index is 0.149. The van der Waals surface area contributed by atoms with Crippen LogP contribution in [0.15, 0.2) is 77.3 Å². The lowest BCUT2D eigenvalue weighted by atomic mass is 10.1. The molecule has 3 rings (SSSR count). The Morgan fingerprint density at radius 2 is 1.67 bits per heavy atom. The van der Waals surface area contributed by atoms with Crippen LogP contribution in [0.2, 0.25) is 0 Å². The van der Waals surface area contributed by atoms with Gasteiger partial charge in [0.05, 0.1) is 0 Å². The minimum Gasteiger partial charge on any atom is -0.332 e. The van der Waals surface area contributed by atoms with E-state index in [1.54, 1.807) is 48.3 Å². The van der Waals surface area contributed by atoms with Crippen molar-refractivity contribution in [3.8, 4) is 0 Å². The van der Waals surface area contributed by atoms with Gasteiger partial charge in [0, 0.05) is 34.0 Å². The van der Waals surface area contributed by atoms with Crippen LogP contribution in [0.25, 0.3) is 0 Å². The molecule has 0 aliphatic heterocycles. The minimum atomic E-state index is -0.316. The van der Waals surface area contributed by atoms with Crippen molar-refractivity contribution in [1.82, 2.24) is 5.32 Å². The van der Waals surface area contributed by atoms with Crippen molar-refractivity contribution in [2.75, 3.05) is 17.3 Å². The summed E-state index contributed by atoms with van der Waals surface area (Å²) in [7, 11) is 1.72. The monoisotopic (exact) mass is 481 g/mol.